The van der Waals surface area contributed by atoms with Gasteiger partial charge in [-0.05, 0) is 18.7 Å². The van der Waals surface area contributed by atoms with Gasteiger partial charge in [0.1, 0.15) is 12.4 Å². The third-order valence-electron chi connectivity index (χ3n) is 3.40. The zero-order valence-corrected chi connectivity index (χ0v) is 14.7. The molecule has 0 aliphatic rings. The van der Waals surface area contributed by atoms with Crippen molar-refractivity contribution in [3.8, 4) is 5.75 Å². The highest BCUT2D eigenvalue weighted by Gasteiger charge is 2.02. The smallest absolute Gasteiger partial charge is 0.119 e. The number of para-hydroxylation sites is 1. The molecule has 0 radical (unpaired) electrons. The van der Waals surface area contributed by atoms with Gasteiger partial charge in [-0.15, -0.1) is 0 Å². The van der Waals surface area contributed by atoms with Crippen LogP contribution in [0, 0.1) is 0 Å². The van der Waals surface area contributed by atoms with E-state index in [1.165, 1.54) is 0 Å². The average Bonchev–Trinajstić information content (AvgIpc) is 2.63. The van der Waals surface area contributed by atoms with E-state index < -0.39 is 0 Å². The predicted molar refractivity (Wildman–Crippen MR) is 93.6 cm³/mol. The lowest BCUT2D eigenvalue weighted by Gasteiger charge is -2.20. The molecule has 0 unspecified atom stereocenters. The average molecular weight is 341 g/mol. The maximum absolute atomic E-state index is 8.65. The van der Waals surface area contributed by atoms with Gasteiger partial charge >= 0.3 is 0 Å². The minimum absolute atomic E-state index is 0.0750. The van der Waals surface area contributed by atoms with Crippen molar-refractivity contribution in [1.29, 1.82) is 0 Å². The number of aliphatic hydroxyl groups excluding tert-OH is 1. The summed E-state index contributed by atoms with van der Waals surface area (Å²) in [5.41, 5.74) is 0. The normalized spacial score (nSPS) is 11.1. The number of nitrogens with zero attached hydrogens (tertiary/aromatic N) is 1. The molecule has 0 aromatic heterocycles. The Bertz CT molecular complexity index is 377. The molecule has 0 spiro atoms. The van der Waals surface area contributed by atoms with Crippen LogP contribution in [0.1, 0.15) is 6.92 Å². The molecule has 0 amide bonds. The van der Waals surface area contributed by atoms with Crippen molar-refractivity contribution in [3.05, 3.63) is 30.3 Å². The van der Waals surface area contributed by atoms with Gasteiger partial charge in [-0.2, -0.15) is 0 Å². The van der Waals surface area contributed by atoms with Crippen LogP contribution in [-0.4, -0.2) is 82.5 Å². The lowest BCUT2D eigenvalue weighted by Crippen LogP contribution is -2.31. The van der Waals surface area contributed by atoms with E-state index >= 15 is 0 Å². The van der Waals surface area contributed by atoms with Crippen molar-refractivity contribution in [2.24, 2.45) is 0 Å². The van der Waals surface area contributed by atoms with Gasteiger partial charge in [0.15, 0.2) is 0 Å². The highest BCUT2D eigenvalue weighted by molar-refractivity contribution is 5.20. The molecule has 1 aromatic carbocycles. The van der Waals surface area contributed by atoms with Crippen LogP contribution >= 0.6 is 0 Å². The van der Waals surface area contributed by atoms with Gasteiger partial charge in [-0.25, -0.2) is 0 Å². The van der Waals surface area contributed by atoms with E-state index in [0.29, 0.717) is 46.2 Å². The van der Waals surface area contributed by atoms with Crippen molar-refractivity contribution in [1.82, 2.24) is 4.90 Å². The number of ether oxygens (including phenoxy) is 4. The number of likely N-dealkylation sites (N-methyl/N-ethyl adjacent to an activating group) is 1. The van der Waals surface area contributed by atoms with Crippen LogP contribution in [0.3, 0.4) is 0 Å². The van der Waals surface area contributed by atoms with Crippen LogP contribution in [0.5, 0.6) is 5.75 Å². The molecule has 0 saturated heterocycles. The summed E-state index contributed by atoms with van der Waals surface area (Å²) in [6, 6.07) is 9.71. The number of hydrogen-bond acceptors (Lipinski definition) is 6. The first kappa shape index (κ1) is 20.9. The fraction of sp³-hybridized carbons (Fsp3) is 0.667. The number of benzene rings is 1. The molecule has 0 bridgehead atoms. The van der Waals surface area contributed by atoms with Crippen LogP contribution in [0.15, 0.2) is 30.3 Å². The van der Waals surface area contributed by atoms with Gasteiger partial charge in [-0.1, -0.05) is 25.1 Å². The Morgan fingerprint density at radius 3 is 2.00 bits per heavy atom. The van der Waals surface area contributed by atoms with E-state index in [9.17, 15) is 0 Å². The predicted octanol–water partition coefficient (Wildman–Crippen LogP) is 1.43. The van der Waals surface area contributed by atoms with Crippen molar-refractivity contribution in [2.45, 2.75) is 6.92 Å². The molecule has 1 rings (SSSR count). The van der Waals surface area contributed by atoms with Gasteiger partial charge in [-0.3, -0.25) is 4.90 Å². The highest BCUT2D eigenvalue weighted by Crippen LogP contribution is 2.07. The van der Waals surface area contributed by atoms with Crippen molar-refractivity contribution in [2.75, 3.05) is 72.5 Å². The van der Waals surface area contributed by atoms with Crippen LogP contribution in [0.4, 0.5) is 0 Å². The summed E-state index contributed by atoms with van der Waals surface area (Å²) in [6.07, 6.45) is 0. The molecule has 0 saturated carbocycles. The Morgan fingerprint density at radius 1 is 0.792 bits per heavy atom. The molecule has 24 heavy (non-hydrogen) atoms. The molecule has 0 aliphatic carbocycles. The second kappa shape index (κ2) is 15.4. The van der Waals surface area contributed by atoms with Gasteiger partial charge in [0.25, 0.3) is 0 Å². The molecule has 0 fully saturated rings. The maximum Gasteiger partial charge on any atom is 0.119 e. The summed E-state index contributed by atoms with van der Waals surface area (Å²) in [4.78, 5) is 2.26. The maximum atomic E-state index is 8.65. The molecule has 0 atom stereocenters. The highest BCUT2D eigenvalue weighted by atomic mass is 16.5. The Labute approximate surface area is 145 Å². The molecular formula is C18H31NO5. The molecule has 6 heteroatoms. The van der Waals surface area contributed by atoms with Crippen LogP contribution < -0.4 is 4.74 Å². The van der Waals surface area contributed by atoms with E-state index in [1.807, 2.05) is 30.3 Å². The van der Waals surface area contributed by atoms with Crippen LogP contribution in [0.25, 0.3) is 0 Å². The van der Waals surface area contributed by atoms with Crippen LogP contribution in [-0.2, 0) is 14.2 Å². The topological polar surface area (TPSA) is 60.4 Å². The molecule has 0 heterocycles. The fourth-order valence-corrected chi connectivity index (χ4v) is 2.04. The molecule has 138 valence electrons. The Balaban J connectivity index is 1.87. The summed E-state index contributed by atoms with van der Waals surface area (Å²) in [7, 11) is 0. The van der Waals surface area contributed by atoms with Crippen LogP contribution in [0.2, 0.25) is 0 Å². The lowest BCUT2D eigenvalue weighted by atomic mass is 10.3. The van der Waals surface area contributed by atoms with Gasteiger partial charge in [0.05, 0.1) is 46.2 Å². The summed E-state index contributed by atoms with van der Waals surface area (Å²) < 4.78 is 21.8. The standard InChI is InChI=1S/C18H31NO5/c1-2-19(8-11-21-13-10-20)9-12-22-14-15-23-16-17-24-18-6-4-3-5-7-18/h3-7,20H,2,8-17H2,1H3. The van der Waals surface area contributed by atoms with E-state index in [1.54, 1.807) is 0 Å². The zero-order chi connectivity index (χ0) is 17.3. The molecule has 6 nitrogen and oxygen atoms in total. The zero-order valence-electron chi connectivity index (χ0n) is 14.7. The first-order valence-corrected chi connectivity index (χ1v) is 8.61. The summed E-state index contributed by atoms with van der Waals surface area (Å²) in [5.74, 6) is 0.861. The van der Waals surface area contributed by atoms with E-state index in [0.717, 1.165) is 25.4 Å². The summed E-state index contributed by atoms with van der Waals surface area (Å²) >= 11 is 0. The number of aliphatic hydroxyl groups is 1. The van der Waals surface area contributed by atoms with E-state index in [4.69, 9.17) is 24.1 Å². The Hall–Kier alpha value is -1.18. The second-order valence-electron chi connectivity index (χ2n) is 5.16. The van der Waals surface area contributed by atoms with E-state index in [2.05, 4.69) is 11.8 Å². The first-order valence-electron chi connectivity index (χ1n) is 8.61. The van der Waals surface area contributed by atoms with E-state index in [-0.39, 0.29) is 6.61 Å². The quantitative estimate of drug-likeness (QED) is 0.459. The van der Waals surface area contributed by atoms with Crippen molar-refractivity contribution in [3.63, 3.8) is 0 Å². The molecule has 0 aliphatic heterocycles. The van der Waals surface area contributed by atoms with Crippen molar-refractivity contribution < 1.29 is 24.1 Å². The molecular weight excluding hydrogens is 310 g/mol. The minimum atomic E-state index is 0.0750. The summed E-state index contributed by atoms with van der Waals surface area (Å²) in [6.45, 7) is 8.85. The monoisotopic (exact) mass is 341 g/mol. The lowest BCUT2D eigenvalue weighted by molar-refractivity contribution is 0.0249. The van der Waals surface area contributed by atoms with Gasteiger partial charge in [0.2, 0.25) is 0 Å². The molecule has 1 N–H and O–H groups in total. The second-order valence-corrected chi connectivity index (χ2v) is 5.16. The third kappa shape index (κ3) is 11.4. The Kier molecular flexibility index (Phi) is 13.3. The third-order valence-corrected chi connectivity index (χ3v) is 3.40. The SMILES string of the molecule is CCN(CCOCCO)CCOCCOCCOc1ccccc1. The fourth-order valence-electron chi connectivity index (χ4n) is 2.04. The minimum Gasteiger partial charge on any atom is -0.491 e. The largest absolute Gasteiger partial charge is 0.491 e. The Morgan fingerprint density at radius 2 is 1.38 bits per heavy atom. The molecule has 1 aromatic rings. The van der Waals surface area contributed by atoms with Crippen molar-refractivity contribution >= 4 is 0 Å². The summed E-state index contributed by atoms with van der Waals surface area (Å²) in [5, 5.41) is 8.65. The van der Waals surface area contributed by atoms with Gasteiger partial charge < -0.3 is 24.1 Å². The van der Waals surface area contributed by atoms with Gasteiger partial charge in [0, 0.05) is 13.1 Å². The number of rotatable bonds is 16. The number of hydrogen-bond donors (Lipinski definition) is 1. The first-order chi connectivity index (χ1) is 11.9.